The molecule has 1 aromatic carbocycles. The molecule has 0 N–H and O–H groups in total. The van der Waals surface area contributed by atoms with Gasteiger partial charge in [-0.2, -0.15) is 0 Å². The SMILES string of the molecule is C=C1C(Cl)=CC(c2ccccc2)=C(c2c(F)cncc2F)N1CC(F)F.CC. The summed E-state index contributed by atoms with van der Waals surface area (Å²) in [7, 11) is 0. The molecule has 0 amide bonds. The highest BCUT2D eigenvalue weighted by atomic mass is 35.5. The molecule has 0 saturated heterocycles. The maximum absolute atomic E-state index is 14.4. The van der Waals surface area contributed by atoms with Gasteiger partial charge in [-0.3, -0.25) is 4.98 Å². The molecule has 0 bridgehead atoms. The van der Waals surface area contributed by atoms with Crippen LogP contribution in [0.3, 0.4) is 0 Å². The van der Waals surface area contributed by atoms with E-state index in [9.17, 15) is 17.6 Å². The molecule has 2 heterocycles. The summed E-state index contributed by atoms with van der Waals surface area (Å²) >= 11 is 6.16. The minimum absolute atomic E-state index is 0.0391. The van der Waals surface area contributed by atoms with Crippen LogP contribution in [-0.4, -0.2) is 22.9 Å². The number of hydrogen-bond acceptors (Lipinski definition) is 2. The maximum atomic E-state index is 14.4. The van der Waals surface area contributed by atoms with E-state index in [2.05, 4.69) is 11.6 Å². The van der Waals surface area contributed by atoms with Gasteiger partial charge in [0, 0.05) is 5.57 Å². The van der Waals surface area contributed by atoms with Crippen molar-refractivity contribution in [3.05, 3.63) is 88.9 Å². The van der Waals surface area contributed by atoms with Gasteiger partial charge >= 0.3 is 0 Å². The fourth-order valence-corrected chi connectivity index (χ4v) is 2.98. The first-order valence-electron chi connectivity index (χ1n) is 8.61. The Labute approximate surface area is 166 Å². The third kappa shape index (κ3) is 4.44. The summed E-state index contributed by atoms with van der Waals surface area (Å²) in [5.74, 6) is -1.93. The predicted molar refractivity (Wildman–Crippen MR) is 105 cm³/mol. The summed E-state index contributed by atoms with van der Waals surface area (Å²) in [6.07, 6.45) is 0.360. The van der Waals surface area contributed by atoms with Crippen molar-refractivity contribution >= 4 is 22.9 Å². The molecule has 1 aromatic heterocycles. The van der Waals surface area contributed by atoms with Crippen LogP contribution in [0.25, 0.3) is 11.3 Å². The lowest BCUT2D eigenvalue weighted by atomic mass is 9.94. The highest BCUT2D eigenvalue weighted by Crippen LogP contribution is 2.42. The van der Waals surface area contributed by atoms with Crippen molar-refractivity contribution in [1.29, 1.82) is 0 Å². The highest BCUT2D eigenvalue weighted by molar-refractivity contribution is 6.33. The van der Waals surface area contributed by atoms with Crippen molar-refractivity contribution < 1.29 is 17.6 Å². The summed E-state index contributed by atoms with van der Waals surface area (Å²) in [6.45, 7) is 6.88. The van der Waals surface area contributed by atoms with Crippen molar-refractivity contribution in [2.75, 3.05) is 6.54 Å². The molecule has 3 rings (SSSR count). The third-order valence-corrected chi connectivity index (χ3v) is 4.22. The Morgan fingerprint density at radius 2 is 1.64 bits per heavy atom. The number of hydrogen-bond donors (Lipinski definition) is 0. The molecule has 0 aliphatic carbocycles. The molecule has 0 radical (unpaired) electrons. The molecule has 0 saturated carbocycles. The van der Waals surface area contributed by atoms with Gasteiger partial charge in [-0.05, 0) is 11.6 Å². The molecule has 2 nitrogen and oxygen atoms in total. The van der Waals surface area contributed by atoms with Gasteiger partial charge < -0.3 is 4.90 Å². The molecular weight excluding hydrogens is 392 g/mol. The van der Waals surface area contributed by atoms with Crippen molar-refractivity contribution in [3.63, 3.8) is 0 Å². The van der Waals surface area contributed by atoms with E-state index < -0.39 is 30.2 Å². The van der Waals surface area contributed by atoms with Crippen molar-refractivity contribution in [1.82, 2.24) is 9.88 Å². The van der Waals surface area contributed by atoms with Gasteiger partial charge in [0.1, 0.15) is 0 Å². The Kier molecular flexibility index (Phi) is 7.40. The van der Waals surface area contributed by atoms with Crippen molar-refractivity contribution in [2.24, 2.45) is 0 Å². The van der Waals surface area contributed by atoms with E-state index in [1.165, 1.54) is 6.08 Å². The molecule has 2 aromatic rings. The zero-order valence-corrected chi connectivity index (χ0v) is 16.2. The standard InChI is InChI=1S/C19H13ClF4N2.C2H6/c1-11-14(20)7-13(12-5-3-2-4-6-12)19(26(11)10-17(23)24)18-15(21)8-25-9-16(18)22;1-2/h2-9,17H,1,10H2;1-2H3. The van der Waals surface area contributed by atoms with Crippen LogP contribution in [0.15, 0.2) is 66.1 Å². The second-order valence-corrected chi connectivity index (χ2v) is 5.95. The summed E-state index contributed by atoms with van der Waals surface area (Å²) in [6, 6.07) is 8.61. The van der Waals surface area contributed by atoms with Gasteiger partial charge in [0.2, 0.25) is 0 Å². The third-order valence-electron chi connectivity index (χ3n) is 3.89. The van der Waals surface area contributed by atoms with Gasteiger partial charge in [-0.15, -0.1) is 0 Å². The Morgan fingerprint density at radius 1 is 1.07 bits per heavy atom. The fraction of sp³-hybridized carbons (Fsp3) is 0.190. The van der Waals surface area contributed by atoms with Crippen LogP contribution < -0.4 is 0 Å². The lowest BCUT2D eigenvalue weighted by Crippen LogP contribution is -2.30. The molecule has 7 heteroatoms. The molecule has 1 aliphatic heterocycles. The number of halogens is 5. The van der Waals surface area contributed by atoms with Crippen LogP contribution in [0, 0.1) is 11.6 Å². The van der Waals surface area contributed by atoms with E-state index in [0.717, 1.165) is 17.3 Å². The molecule has 28 heavy (non-hydrogen) atoms. The number of allylic oxidation sites excluding steroid dienone is 3. The number of aromatic nitrogens is 1. The number of rotatable bonds is 4. The summed E-state index contributed by atoms with van der Waals surface area (Å²) < 4.78 is 55.2. The Bertz CT molecular complexity index is 888. The Balaban J connectivity index is 0.00000136. The van der Waals surface area contributed by atoms with E-state index in [4.69, 9.17) is 11.6 Å². The first-order chi connectivity index (χ1) is 13.4. The average molecular weight is 411 g/mol. The van der Waals surface area contributed by atoms with Crippen LogP contribution in [0.4, 0.5) is 17.6 Å². The number of alkyl halides is 2. The zero-order valence-electron chi connectivity index (χ0n) is 15.4. The van der Waals surface area contributed by atoms with E-state index >= 15 is 0 Å². The average Bonchev–Trinajstić information content (AvgIpc) is 2.68. The lowest BCUT2D eigenvalue weighted by Gasteiger charge is -2.34. The smallest absolute Gasteiger partial charge is 0.256 e. The van der Waals surface area contributed by atoms with Crippen LogP contribution in [0.1, 0.15) is 25.0 Å². The summed E-state index contributed by atoms with van der Waals surface area (Å²) in [4.78, 5) is 4.49. The topological polar surface area (TPSA) is 16.1 Å². The summed E-state index contributed by atoms with van der Waals surface area (Å²) in [5.41, 5.74) is 0.400. The van der Waals surface area contributed by atoms with Gasteiger partial charge in [0.15, 0.2) is 11.6 Å². The summed E-state index contributed by atoms with van der Waals surface area (Å²) in [5, 5.41) is 0.114. The second-order valence-electron chi connectivity index (χ2n) is 5.55. The molecule has 1 aliphatic rings. The molecular formula is C21H19ClF4N2. The van der Waals surface area contributed by atoms with Crippen LogP contribution in [-0.2, 0) is 0 Å². The molecule has 0 atom stereocenters. The van der Waals surface area contributed by atoms with Crippen LogP contribution >= 0.6 is 11.6 Å². The Morgan fingerprint density at radius 3 is 2.18 bits per heavy atom. The quantitative estimate of drug-likeness (QED) is 0.537. The van der Waals surface area contributed by atoms with E-state index in [-0.39, 0.29) is 16.4 Å². The number of nitrogens with zero attached hydrogens (tertiary/aromatic N) is 2. The van der Waals surface area contributed by atoms with E-state index in [0.29, 0.717) is 11.1 Å². The van der Waals surface area contributed by atoms with Crippen LogP contribution in [0.2, 0.25) is 0 Å². The van der Waals surface area contributed by atoms with E-state index in [1.54, 1.807) is 30.3 Å². The normalized spacial score (nSPS) is 14.1. The van der Waals surface area contributed by atoms with Crippen LogP contribution in [0.5, 0.6) is 0 Å². The van der Waals surface area contributed by atoms with Gasteiger partial charge in [-0.25, -0.2) is 17.6 Å². The lowest BCUT2D eigenvalue weighted by molar-refractivity contribution is 0.123. The van der Waals surface area contributed by atoms with Crippen molar-refractivity contribution in [2.45, 2.75) is 20.3 Å². The monoisotopic (exact) mass is 410 g/mol. The van der Waals surface area contributed by atoms with Crippen molar-refractivity contribution in [3.8, 4) is 0 Å². The molecule has 0 unspecified atom stereocenters. The largest absolute Gasteiger partial charge is 0.334 e. The minimum atomic E-state index is -2.77. The second kappa shape index (κ2) is 9.55. The molecule has 0 spiro atoms. The zero-order chi connectivity index (χ0) is 20.8. The maximum Gasteiger partial charge on any atom is 0.256 e. The predicted octanol–water partition coefficient (Wildman–Crippen LogP) is 6.47. The first-order valence-corrected chi connectivity index (χ1v) is 8.99. The fourth-order valence-electron chi connectivity index (χ4n) is 2.77. The Hall–Kier alpha value is -2.60. The van der Waals surface area contributed by atoms with Gasteiger partial charge in [0.05, 0.1) is 40.9 Å². The minimum Gasteiger partial charge on any atom is -0.334 e. The van der Waals surface area contributed by atoms with Gasteiger partial charge in [-0.1, -0.05) is 62.4 Å². The highest BCUT2D eigenvalue weighted by Gasteiger charge is 2.31. The number of pyridine rings is 1. The molecule has 0 fully saturated rings. The van der Waals surface area contributed by atoms with Gasteiger partial charge in [0.25, 0.3) is 6.43 Å². The molecule has 148 valence electrons. The van der Waals surface area contributed by atoms with E-state index in [1.807, 2.05) is 13.8 Å². The first kappa shape index (κ1) is 21.7. The number of benzene rings is 1.